The molecule has 0 spiro atoms. The SMILES string of the molecule is CCc1cccc(NC(=O)c2ccc(C)c(-c3cc4cnc(C)cc4n(C)c3=O)c2)n1. The molecule has 4 aromatic rings. The van der Waals surface area contributed by atoms with E-state index in [1.165, 1.54) is 0 Å². The molecule has 0 radical (unpaired) electrons. The lowest BCUT2D eigenvalue weighted by molar-refractivity contribution is 0.102. The zero-order valence-electron chi connectivity index (χ0n) is 18.1. The third kappa shape index (κ3) is 3.97. The Morgan fingerprint density at radius 3 is 2.65 bits per heavy atom. The maximum Gasteiger partial charge on any atom is 0.258 e. The Kier molecular flexibility index (Phi) is 5.38. The van der Waals surface area contributed by atoms with E-state index in [0.29, 0.717) is 16.9 Å². The Morgan fingerprint density at radius 2 is 1.87 bits per heavy atom. The van der Waals surface area contributed by atoms with Gasteiger partial charge in [-0.3, -0.25) is 14.6 Å². The van der Waals surface area contributed by atoms with E-state index in [1.807, 2.05) is 51.1 Å². The molecule has 4 rings (SSSR count). The zero-order chi connectivity index (χ0) is 22.1. The van der Waals surface area contributed by atoms with E-state index in [9.17, 15) is 9.59 Å². The summed E-state index contributed by atoms with van der Waals surface area (Å²) < 4.78 is 1.63. The number of fused-ring (bicyclic) bond motifs is 1. The molecule has 0 unspecified atom stereocenters. The summed E-state index contributed by atoms with van der Waals surface area (Å²) in [4.78, 5) is 34.8. The number of hydrogen-bond donors (Lipinski definition) is 1. The first-order valence-corrected chi connectivity index (χ1v) is 10.2. The molecule has 6 heteroatoms. The first-order valence-electron chi connectivity index (χ1n) is 10.2. The molecule has 1 aromatic carbocycles. The minimum Gasteiger partial charge on any atom is -0.311 e. The van der Waals surface area contributed by atoms with E-state index >= 15 is 0 Å². The fraction of sp³-hybridized carbons (Fsp3) is 0.200. The van der Waals surface area contributed by atoms with Crippen LogP contribution in [0.15, 0.2) is 59.5 Å². The Bertz CT molecular complexity index is 1370. The molecular formula is C25H24N4O2. The average Bonchev–Trinajstić information content (AvgIpc) is 2.77. The molecule has 0 aliphatic rings. The van der Waals surface area contributed by atoms with E-state index in [1.54, 1.807) is 36.0 Å². The first kappa shape index (κ1) is 20.5. The summed E-state index contributed by atoms with van der Waals surface area (Å²) in [6.45, 7) is 5.84. The largest absolute Gasteiger partial charge is 0.311 e. The number of benzene rings is 1. The molecule has 1 N–H and O–H groups in total. The summed E-state index contributed by atoms with van der Waals surface area (Å²) in [6.07, 6.45) is 2.56. The lowest BCUT2D eigenvalue weighted by Crippen LogP contribution is -2.20. The van der Waals surface area contributed by atoms with Crippen LogP contribution in [0.3, 0.4) is 0 Å². The second-order valence-electron chi connectivity index (χ2n) is 7.66. The van der Waals surface area contributed by atoms with Gasteiger partial charge in [0.15, 0.2) is 0 Å². The van der Waals surface area contributed by atoms with Gasteiger partial charge < -0.3 is 9.88 Å². The molecule has 0 aliphatic heterocycles. The fourth-order valence-electron chi connectivity index (χ4n) is 3.65. The standard InChI is InChI=1S/C25H24N4O2/c1-5-19-7-6-8-23(27-19)28-24(30)17-10-9-15(2)20(12-17)21-13-18-14-26-16(3)11-22(18)29(4)25(21)31/h6-14H,5H2,1-4H3,(H,27,28,30). The van der Waals surface area contributed by atoms with Crippen LogP contribution in [0, 0.1) is 13.8 Å². The van der Waals surface area contributed by atoms with Crippen LogP contribution in [-0.4, -0.2) is 20.4 Å². The number of aromatic nitrogens is 3. The maximum atomic E-state index is 13.1. The van der Waals surface area contributed by atoms with Gasteiger partial charge in [0.1, 0.15) is 5.82 Å². The van der Waals surface area contributed by atoms with Crippen molar-refractivity contribution in [3.05, 3.63) is 87.6 Å². The van der Waals surface area contributed by atoms with Crippen LogP contribution in [0.2, 0.25) is 0 Å². The van der Waals surface area contributed by atoms with Crippen molar-refractivity contribution in [3.63, 3.8) is 0 Å². The smallest absolute Gasteiger partial charge is 0.258 e. The highest BCUT2D eigenvalue weighted by Gasteiger charge is 2.15. The lowest BCUT2D eigenvalue weighted by Gasteiger charge is -2.13. The van der Waals surface area contributed by atoms with Gasteiger partial charge in [-0.2, -0.15) is 0 Å². The van der Waals surface area contributed by atoms with Crippen LogP contribution < -0.4 is 10.9 Å². The van der Waals surface area contributed by atoms with E-state index in [4.69, 9.17) is 0 Å². The predicted molar refractivity (Wildman–Crippen MR) is 123 cm³/mol. The number of anilines is 1. The number of aryl methyl sites for hydroxylation is 4. The zero-order valence-corrected chi connectivity index (χ0v) is 18.1. The number of amides is 1. The second-order valence-corrected chi connectivity index (χ2v) is 7.66. The Hall–Kier alpha value is -3.80. The Morgan fingerprint density at radius 1 is 1.06 bits per heavy atom. The number of carbonyl (C=O) groups is 1. The van der Waals surface area contributed by atoms with Crippen molar-refractivity contribution in [3.8, 4) is 11.1 Å². The minimum atomic E-state index is -0.267. The Balaban J connectivity index is 1.76. The normalized spacial score (nSPS) is 11.0. The second kappa shape index (κ2) is 8.14. The highest BCUT2D eigenvalue weighted by molar-refractivity contribution is 6.04. The van der Waals surface area contributed by atoms with E-state index < -0.39 is 0 Å². The van der Waals surface area contributed by atoms with Gasteiger partial charge in [-0.15, -0.1) is 0 Å². The van der Waals surface area contributed by atoms with Crippen molar-refractivity contribution in [2.24, 2.45) is 7.05 Å². The summed E-state index contributed by atoms with van der Waals surface area (Å²) in [5.41, 5.74) is 5.13. The first-order chi connectivity index (χ1) is 14.9. The molecule has 31 heavy (non-hydrogen) atoms. The quantitative estimate of drug-likeness (QED) is 0.538. The van der Waals surface area contributed by atoms with Crippen molar-refractivity contribution < 1.29 is 4.79 Å². The highest BCUT2D eigenvalue weighted by Crippen LogP contribution is 2.25. The monoisotopic (exact) mass is 412 g/mol. The summed E-state index contributed by atoms with van der Waals surface area (Å²) in [7, 11) is 1.76. The molecule has 0 saturated carbocycles. The van der Waals surface area contributed by atoms with Crippen LogP contribution in [0.4, 0.5) is 5.82 Å². The number of carbonyl (C=O) groups excluding carboxylic acids is 1. The van der Waals surface area contributed by atoms with Crippen molar-refractivity contribution in [1.29, 1.82) is 0 Å². The molecule has 0 aliphatic carbocycles. The molecule has 3 aromatic heterocycles. The topological polar surface area (TPSA) is 76.9 Å². The van der Waals surface area contributed by atoms with Gasteiger partial charge in [0.25, 0.3) is 11.5 Å². The fourth-order valence-corrected chi connectivity index (χ4v) is 3.65. The van der Waals surface area contributed by atoms with E-state index in [-0.39, 0.29) is 11.5 Å². The van der Waals surface area contributed by atoms with Crippen molar-refractivity contribution >= 4 is 22.6 Å². The number of hydrogen-bond acceptors (Lipinski definition) is 4. The van der Waals surface area contributed by atoms with Gasteiger partial charge in [-0.05, 0) is 67.8 Å². The van der Waals surface area contributed by atoms with Crippen LogP contribution in [-0.2, 0) is 13.5 Å². The van der Waals surface area contributed by atoms with Gasteiger partial charge in [0.2, 0.25) is 0 Å². The molecule has 6 nitrogen and oxygen atoms in total. The third-order valence-corrected chi connectivity index (χ3v) is 5.45. The number of nitrogens with one attached hydrogen (secondary N) is 1. The summed E-state index contributed by atoms with van der Waals surface area (Å²) >= 11 is 0. The third-order valence-electron chi connectivity index (χ3n) is 5.45. The van der Waals surface area contributed by atoms with Crippen LogP contribution in [0.1, 0.15) is 34.2 Å². The van der Waals surface area contributed by atoms with Crippen molar-refractivity contribution in [2.75, 3.05) is 5.32 Å². The van der Waals surface area contributed by atoms with Gasteiger partial charge >= 0.3 is 0 Å². The molecule has 1 amide bonds. The molecular weight excluding hydrogens is 388 g/mol. The lowest BCUT2D eigenvalue weighted by atomic mass is 9.97. The maximum absolute atomic E-state index is 13.1. The summed E-state index contributed by atoms with van der Waals surface area (Å²) in [6, 6.07) is 14.7. The van der Waals surface area contributed by atoms with E-state index in [0.717, 1.165) is 39.8 Å². The van der Waals surface area contributed by atoms with E-state index in [2.05, 4.69) is 15.3 Å². The van der Waals surface area contributed by atoms with Gasteiger partial charge in [0, 0.05) is 41.1 Å². The molecule has 3 heterocycles. The molecule has 156 valence electrons. The average molecular weight is 412 g/mol. The minimum absolute atomic E-state index is 0.115. The summed E-state index contributed by atoms with van der Waals surface area (Å²) in [5, 5.41) is 3.72. The number of pyridine rings is 3. The predicted octanol–water partition coefficient (Wildman–Crippen LogP) is 4.43. The van der Waals surface area contributed by atoms with Crippen LogP contribution >= 0.6 is 0 Å². The van der Waals surface area contributed by atoms with Gasteiger partial charge in [0.05, 0.1) is 5.52 Å². The number of nitrogens with zero attached hydrogens (tertiary/aromatic N) is 3. The molecule has 0 bridgehead atoms. The highest BCUT2D eigenvalue weighted by atomic mass is 16.1. The Labute approximate surface area is 180 Å². The van der Waals surface area contributed by atoms with Gasteiger partial charge in [-0.25, -0.2) is 4.98 Å². The van der Waals surface area contributed by atoms with Crippen molar-refractivity contribution in [1.82, 2.24) is 14.5 Å². The van der Waals surface area contributed by atoms with Gasteiger partial charge in [-0.1, -0.05) is 19.1 Å². The number of rotatable bonds is 4. The molecule has 0 atom stereocenters. The molecule has 0 fully saturated rings. The summed E-state index contributed by atoms with van der Waals surface area (Å²) in [5.74, 6) is 0.242. The van der Waals surface area contributed by atoms with Crippen LogP contribution in [0.5, 0.6) is 0 Å². The molecule has 0 saturated heterocycles. The van der Waals surface area contributed by atoms with Crippen molar-refractivity contribution in [2.45, 2.75) is 27.2 Å². The van der Waals surface area contributed by atoms with Crippen LogP contribution in [0.25, 0.3) is 22.0 Å².